The van der Waals surface area contributed by atoms with Crippen LogP contribution in [-0.4, -0.2) is 20.3 Å². The number of hydrogen-bond acceptors (Lipinski definition) is 3. The predicted octanol–water partition coefficient (Wildman–Crippen LogP) is 4.53. The van der Waals surface area contributed by atoms with Crippen molar-refractivity contribution in [3.8, 4) is 0 Å². The molecular formula is C19H20NO3P. The largest absolute Gasteiger partial charge is 0.456 e. The Morgan fingerprint density at radius 3 is 1.88 bits per heavy atom. The Balaban J connectivity index is 1.96. The van der Waals surface area contributed by atoms with E-state index in [2.05, 4.69) is 5.09 Å². The predicted molar refractivity (Wildman–Crippen MR) is 97.4 cm³/mol. The van der Waals surface area contributed by atoms with Gasteiger partial charge in [-0.3, -0.25) is 9.65 Å². The fraction of sp³-hybridized carbons (Fsp3) is 0.158. The van der Waals surface area contributed by atoms with E-state index in [1.54, 1.807) is 18.7 Å². The van der Waals surface area contributed by atoms with E-state index >= 15 is 0 Å². The van der Waals surface area contributed by atoms with Gasteiger partial charge in [0.25, 0.3) is 0 Å². The molecule has 0 radical (unpaired) electrons. The van der Waals surface area contributed by atoms with Gasteiger partial charge in [0, 0.05) is 36.4 Å². The highest BCUT2D eigenvalue weighted by molar-refractivity contribution is 7.68. The van der Waals surface area contributed by atoms with E-state index in [9.17, 15) is 4.57 Å². The SMILES string of the molecule is COCCNP1(=O)C=C(c2ccccc2)OC(c2ccccc2)=C1. The monoisotopic (exact) mass is 341 g/mol. The Kier molecular flexibility index (Phi) is 5.31. The molecule has 1 heterocycles. The summed E-state index contributed by atoms with van der Waals surface area (Å²) in [5.41, 5.74) is 1.79. The topological polar surface area (TPSA) is 47.6 Å². The standard InChI is InChI=1S/C19H20NO3P/c1-22-13-12-20-24(21)14-18(16-8-4-2-5-9-16)23-19(15-24)17-10-6-3-7-11-17/h2-11,14-15H,12-13H2,1H3,(H,20,21). The van der Waals surface area contributed by atoms with E-state index in [0.29, 0.717) is 24.7 Å². The minimum Gasteiger partial charge on any atom is -0.456 e. The number of hydrogen-bond donors (Lipinski definition) is 1. The molecule has 1 aliphatic rings. The summed E-state index contributed by atoms with van der Waals surface area (Å²) in [5, 5.41) is 3.10. The normalized spacial score (nSPS) is 16.0. The Bertz CT molecular complexity index is 725. The van der Waals surface area contributed by atoms with Gasteiger partial charge in [-0.15, -0.1) is 0 Å². The molecule has 2 aromatic carbocycles. The maximum absolute atomic E-state index is 13.3. The molecule has 2 aromatic rings. The van der Waals surface area contributed by atoms with Gasteiger partial charge >= 0.3 is 0 Å². The van der Waals surface area contributed by atoms with E-state index in [4.69, 9.17) is 9.47 Å². The fourth-order valence-electron chi connectivity index (χ4n) is 2.44. The van der Waals surface area contributed by atoms with Gasteiger partial charge < -0.3 is 9.47 Å². The lowest BCUT2D eigenvalue weighted by Crippen LogP contribution is -2.16. The van der Waals surface area contributed by atoms with Gasteiger partial charge in [-0.1, -0.05) is 60.7 Å². The van der Waals surface area contributed by atoms with Crippen LogP contribution in [0.5, 0.6) is 0 Å². The van der Waals surface area contributed by atoms with Gasteiger partial charge in [0.1, 0.15) is 11.5 Å². The molecular weight excluding hydrogens is 321 g/mol. The Morgan fingerprint density at radius 1 is 0.917 bits per heavy atom. The fourth-order valence-corrected chi connectivity index (χ4v) is 4.24. The maximum Gasteiger partial charge on any atom is 0.198 e. The number of rotatable bonds is 6. The Labute approximate surface area is 142 Å². The van der Waals surface area contributed by atoms with Crippen LogP contribution in [0.2, 0.25) is 0 Å². The van der Waals surface area contributed by atoms with Gasteiger partial charge in [-0.05, 0) is 0 Å². The summed E-state index contributed by atoms with van der Waals surface area (Å²) >= 11 is 0. The average molecular weight is 341 g/mol. The molecule has 0 bridgehead atoms. The second kappa shape index (κ2) is 7.63. The van der Waals surface area contributed by atoms with Crippen LogP contribution in [0.4, 0.5) is 0 Å². The molecule has 0 atom stereocenters. The van der Waals surface area contributed by atoms with Crippen molar-refractivity contribution >= 4 is 18.8 Å². The maximum atomic E-state index is 13.3. The minimum atomic E-state index is -2.87. The molecule has 0 unspecified atom stereocenters. The first kappa shape index (κ1) is 16.7. The molecule has 0 saturated heterocycles. The Hall–Kier alpha value is -2.13. The number of nitrogens with one attached hydrogen (secondary N) is 1. The molecule has 24 heavy (non-hydrogen) atoms. The van der Waals surface area contributed by atoms with Crippen molar-refractivity contribution in [3.05, 3.63) is 83.4 Å². The van der Waals surface area contributed by atoms with Crippen LogP contribution >= 0.6 is 7.29 Å². The molecule has 5 heteroatoms. The molecule has 1 N–H and O–H groups in total. The van der Waals surface area contributed by atoms with Gasteiger partial charge in [0.2, 0.25) is 0 Å². The van der Waals surface area contributed by atoms with Crippen molar-refractivity contribution in [1.82, 2.24) is 5.09 Å². The molecule has 0 amide bonds. The van der Waals surface area contributed by atoms with Crippen molar-refractivity contribution in [2.45, 2.75) is 0 Å². The second-order valence-electron chi connectivity index (χ2n) is 5.43. The molecule has 1 aliphatic heterocycles. The molecule has 4 nitrogen and oxygen atoms in total. The second-order valence-corrected chi connectivity index (χ2v) is 7.68. The summed E-state index contributed by atoms with van der Waals surface area (Å²) in [7, 11) is -1.24. The van der Waals surface area contributed by atoms with Crippen molar-refractivity contribution in [1.29, 1.82) is 0 Å². The average Bonchev–Trinajstić information content (AvgIpc) is 2.63. The third-order valence-electron chi connectivity index (χ3n) is 3.62. The van der Waals surface area contributed by atoms with Gasteiger partial charge in [-0.25, -0.2) is 0 Å². The van der Waals surface area contributed by atoms with Gasteiger partial charge in [0.05, 0.1) is 6.61 Å². The lowest BCUT2D eigenvalue weighted by molar-refractivity contribution is 0.204. The van der Waals surface area contributed by atoms with Crippen molar-refractivity contribution in [3.63, 3.8) is 0 Å². The third-order valence-corrected chi connectivity index (χ3v) is 5.57. The molecule has 3 rings (SSSR count). The minimum absolute atomic E-state index is 0.494. The quantitative estimate of drug-likeness (QED) is 0.619. The lowest BCUT2D eigenvalue weighted by atomic mass is 10.2. The van der Waals surface area contributed by atoms with Crippen LogP contribution in [0.1, 0.15) is 11.1 Å². The highest BCUT2D eigenvalue weighted by Crippen LogP contribution is 2.53. The van der Waals surface area contributed by atoms with E-state index in [1.807, 2.05) is 60.7 Å². The molecule has 0 spiro atoms. The first-order valence-corrected chi connectivity index (χ1v) is 9.63. The van der Waals surface area contributed by atoms with Crippen LogP contribution < -0.4 is 5.09 Å². The molecule has 0 aromatic heterocycles. The van der Waals surface area contributed by atoms with Crippen LogP contribution in [0, 0.1) is 0 Å². The van der Waals surface area contributed by atoms with Crippen LogP contribution in [0.25, 0.3) is 11.5 Å². The summed E-state index contributed by atoms with van der Waals surface area (Å²) in [5.74, 6) is 4.57. The van der Waals surface area contributed by atoms with Crippen molar-refractivity contribution in [2.24, 2.45) is 0 Å². The lowest BCUT2D eigenvalue weighted by Gasteiger charge is -2.23. The summed E-state index contributed by atoms with van der Waals surface area (Å²) in [6.45, 7) is 0.999. The molecule has 124 valence electrons. The molecule has 0 fully saturated rings. The summed E-state index contributed by atoms with van der Waals surface area (Å²) in [6.07, 6.45) is 0. The van der Waals surface area contributed by atoms with Crippen LogP contribution in [0.15, 0.2) is 72.3 Å². The highest BCUT2D eigenvalue weighted by Gasteiger charge is 2.26. The number of benzene rings is 2. The highest BCUT2D eigenvalue weighted by atomic mass is 31.2. The van der Waals surface area contributed by atoms with E-state index in [-0.39, 0.29) is 0 Å². The van der Waals surface area contributed by atoms with E-state index in [1.165, 1.54) is 0 Å². The summed E-state index contributed by atoms with van der Waals surface area (Å²) in [4.78, 5) is 0. The first-order chi connectivity index (χ1) is 11.7. The summed E-state index contributed by atoms with van der Waals surface area (Å²) in [6, 6.07) is 19.4. The molecule has 0 aliphatic carbocycles. The first-order valence-electron chi connectivity index (χ1n) is 7.78. The van der Waals surface area contributed by atoms with E-state index < -0.39 is 7.29 Å². The number of methoxy groups -OCH3 is 1. The third kappa shape index (κ3) is 4.04. The van der Waals surface area contributed by atoms with Gasteiger partial charge in [-0.2, -0.15) is 0 Å². The molecule has 0 saturated carbocycles. The zero-order valence-electron chi connectivity index (χ0n) is 13.5. The Morgan fingerprint density at radius 2 is 1.42 bits per heavy atom. The van der Waals surface area contributed by atoms with Crippen molar-refractivity contribution < 1.29 is 14.0 Å². The van der Waals surface area contributed by atoms with Gasteiger partial charge in [0.15, 0.2) is 7.29 Å². The summed E-state index contributed by atoms with van der Waals surface area (Å²) < 4.78 is 24.4. The van der Waals surface area contributed by atoms with Crippen LogP contribution in [0.3, 0.4) is 0 Å². The van der Waals surface area contributed by atoms with Crippen molar-refractivity contribution in [2.75, 3.05) is 20.3 Å². The van der Waals surface area contributed by atoms with Crippen LogP contribution in [-0.2, 0) is 14.0 Å². The zero-order chi connectivity index (χ0) is 16.8. The smallest absolute Gasteiger partial charge is 0.198 e. The zero-order valence-corrected chi connectivity index (χ0v) is 14.4. The number of ether oxygens (including phenoxy) is 2. The van der Waals surface area contributed by atoms with E-state index in [0.717, 1.165) is 11.1 Å².